The second-order valence-corrected chi connectivity index (χ2v) is 6.17. The topological polar surface area (TPSA) is 44.7 Å². The molecule has 0 bridgehead atoms. The van der Waals surface area contributed by atoms with Crippen molar-refractivity contribution in [3.05, 3.63) is 0 Å². The van der Waals surface area contributed by atoms with E-state index in [-0.39, 0.29) is 12.1 Å². The number of nitrogens with one attached hydrogen (secondary N) is 1. The number of hydrogen-bond acceptors (Lipinski definition) is 4. The normalized spacial score (nSPS) is 28.3. The molecule has 114 valence electrons. The Morgan fingerprint density at radius 1 is 1.47 bits per heavy atom. The highest BCUT2D eigenvalue weighted by molar-refractivity contribution is 4.96. The van der Waals surface area contributed by atoms with E-state index in [2.05, 4.69) is 31.1 Å². The molecule has 0 aromatic rings. The first-order chi connectivity index (χ1) is 9.03. The van der Waals surface area contributed by atoms with Crippen molar-refractivity contribution in [2.45, 2.75) is 64.1 Å². The summed E-state index contributed by atoms with van der Waals surface area (Å²) in [5.41, 5.74) is -0.0864. The zero-order valence-corrected chi connectivity index (χ0v) is 13.1. The van der Waals surface area contributed by atoms with Gasteiger partial charge in [-0.15, -0.1) is 0 Å². The number of aliphatic hydroxyl groups excluding tert-OH is 1. The standard InChI is InChI=1S/C15H32N2O2/c1-5-19-10-9-17(4)14-7-6-8-15(11-14,12-18)16-13(2)3/h13-14,16,18H,5-12H2,1-4H3. The van der Waals surface area contributed by atoms with Crippen LogP contribution in [0.1, 0.15) is 46.5 Å². The lowest BCUT2D eigenvalue weighted by atomic mass is 9.78. The molecule has 0 saturated heterocycles. The van der Waals surface area contributed by atoms with Crippen molar-refractivity contribution >= 4 is 0 Å². The molecule has 0 aliphatic heterocycles. The SMILES string of the molecule is CCOCCN(C)C1CCCC(CO)(NC(C)C)C1. The largest absolute Gasteiger partial charge is 0.394 e. The fourth-order valence-corrected chi connectivity index (χ4v) is 3.18. The highest BCUT2D eigenvalue weighted by Gasteiger charge is 2.37. The van der Waals surface area contributed by atoms with E-state index in [0.29, 0.717) is 12.1 Å². The molecule has 1 aliphatic rings. The van der Waals surface area contributed by atoms with Crippen LogP contribution in [0.15, 0.2) is 0 Å². The second-order valence-electron chi connectivity index (χ2n) is 6.17. The summed E-state index contributed by atoms with van der Waals surface area (Å²) in [7, 11) is 2.17. The summed E-state index contributed by atoms with van der Waals surface area (Å²) >= 11 is 0. The zero-order valence-electron chi connectivity index (χ0n) is 13.1. The number of likely N-dealkylation sites (N-methyl/N-ethyl adjacent to an activating group) is 1. The van der Waals surface area contributed by atoms with Gasteiger partial charge in [-0.3, -0.25) is 0 Å². The minimum Gasteiger partial charge on any atom is -0.394 e. The average molecular weight is 272 g/mol. The zero-order chi connectivity index (χ0) is 14.3. The molecular weight excluding hydrogens is 240 g/mol. The minimum atomic E-state index is -0.0864. The summed E-state index contributed by atoms with van der Waals surface area (Å²) in [6.45, 7) is 9.13. The summed E-state index contributed by atoms with van der Waals surface area (Å²) < 4.78 is 5.43. The quantitative estimate of drug-likeness (QED) is 0.659. The molecule has 1 aliphatic carbocycles. The van der Waals surface area contributed by atoms with Gasteiger partial charge < -0.3 is 20.1 Å². The molecule has 2 unspecified atom stereocenters. The molecule has 0 spiro atoms. The van der Waals surface area contributed by atoms with Gasteiger partial charge in [-0.2, -0.15) is 0 Å². The summed E-state index contributed by atoms with van der Waals surface area (Å²) in [5.74, 6) is 0. The van der Waals surface area contributed by atoms with Crippen molar-refractivity contribution in [3.8, 4) is 0 Å². The van der Waals surface area contributed by atoms with Crippen LogP contribution in [0.25, 0.3) is 0 Å². The Hall–Kier alpha value is -0.160. The van der Waals surface area contributed by atoms with E-state index in [1.54, 1.807) is 0 Å². The first-order valence-electron chi connectivity index (χ1n) is 7.69. The highest BCUT2D eigenvalue weighted by Crippen LogP contribution is 2.31. The lowest BCUT2D eigenvalue weighted by molar-refractivity contribution is 0.0482. The molecule has 19 heavy (non-hydrogen) atoms. The Balaban J connectivity index is 2.51. The monoisotopic (exact) mass is 272 g/mol. The molecule has 0 aromatic carbocycles. The number of nitrogens with zero attached hydrogens (tertiary/aromatic N) is 1. The molecule has 0 aromatic heterocycles. The maximum atomic E-state index is 9.80. The summed E-state index contributed by atoms with van der Waals surface area (Å²) in [6.07, 6.45) is 4.52. The van der Waals surface area contributed by atoms with Gasteiger partial charge in [0, 0.05) is 30.8 Å². The van der Waals surface area contributed by atoms with Crippen molar-refractivity contribution in [2.75, 3.05) is 33.4 Å². The number of ether oxygens (including phenoxy) is 1. The predicted octanol–water partition coefficient (Wildman–Crippen LogP) is 1.63. The van der Waals surface area contributed by atoms with E-state index >= 15 is 0 Å². The Morgan fingerprint density at radius 3 is 2.79 bits per heavy atom. The maximum Gasteiger partial charge on any atom is 0.0613 e. The molecule has 2 atom stereocenters. The van der Waals surface area contributed by atoms with E-state index in [9.17, 15) is 5.11 Å². The molecule has 1 fully saturated rings. The molecule has 0 amide bonds. The van der Waals surface area contributed by atoms with Gasteiger partial charge in [0.2, 0.25) is 0 Å². The van der Waals surface area contributed by atoms with E-state index in [0.717, 1.165) is 32.6 Å². The summed E-state index contributed by atoms with van der Waals surface area (Å²) in [5, 5.41) is 13.4. The van der Waals surface area contributed by atoms with Crippen LogP contribution in [0.3, 0.4) is 0 Å². The number of rotatable bonds is 8. The Morgan fingerprint density at radius 2 is 2.21 bits per heavy atom. The van der Waals surface area contributed by atoms with Crippen molar-refractivity contribution in [2.24, 2.45) is 0 Å². The van der Waals surface area contributed by atoms with Gasteiger partial charge in [-0.1, -0.05) is 13.8 Å². The van der Waals surface area contributed by atoms with Gasteiger partial charge in [-0.25, -0.2) is 0 Å². The van der Waals surface area contributed by atoms with Crippen LogP contribution >= 0.6 is 0 Å². The molecule has 1 rings (SSSR count). The average Bonchev–Trinajstić information content (AvgIpc) is 2.38. The molecule has 0 radical (unpaired) electrons. The molecule has 0 heterocycles. The summed E-state index contributed by atoms with van der Waals surface area (Å²) in [6, 6.07) is 0.965. The van der Waals surface area contributed by atoms with Crippen molar-refractivity contribution in [1.82, 2.24) is 10.2 Å². The molecule has 4 heteroatoms. The van der Waals surface area contributed by atoms with Gasteiger partial charge >= 0.3 is 0 Å². The Labute approximate surface area is 118 Å². The van der Waals surface area contributed by atoms with E-state index in [1.807, 2.05) is 6.92 Å². The van der Waals surface area contributed by atoms with Gasteiger partial charge in [0.05, 0.1) is 13.2 Å². The third-order valence-corrected chi connectivity index (χ3v) is 4.13. The Kier molecular flexibility index (Phi) is 7.29. The minimum absolute atomic E-state index is 0.0864. The van der Waals surface area contributed by atoms with E-state index < -0.39 is 0 Å². The lowest BCUT2D eigenvalue weighted by Crippen LogP contribution is -2.57. The lowest BCUT2D eigenvalue weighted by Gasteiger charge is -2.44. The fourth-order valence-electron chi connectivity index (χ4n) is 3.18. The predicted molar refractivity (Wildman–Crippen MR) is 79.5 cm³/mol. The van der Waals surface area contributed by atoms with Gasteiger partial charge in [0.1, 0.15) is 0 Å². The van der Waals surface area contributed by atoms with Gasteiger partial charge in [0.25, 0.3) is 0 Å². The number of aliphatic hydroxyl groups is 1. The van der Waals surface area contributed by atoms with Crippen LogP contribution in [0.4, 0.5) is 0 Å². The third-order valence-electron chi connectivity index (χ3n) is 4.13. The van der Waals surface area contributed by atoms with E-state index in [4.69, 9.17) is 4.74 Å². The molecular formula is C15H32N2O2. The van der Waals surface area contributed by atoms with Crippen LogP contribution < -0.4 is 5.32 Å². The van der Waals surface area contributed by atoms with Gasteiger partial charge in [0.15, 0.2) is 0 Å². The van der Waals surface area contributed by atoms with E-state index in [1.165, 1.54) is 12.8 Å². The van der Waals surface area contributed by atoms with Crippen LogP contribution in [0, 0.1) is 0 Å². The fraction of sp³-hybridized carbons (Fsp3) is 1.00. The van der Waals surface area contributed by atoms with Crippen LogP contribution in [-0.4, -0.2) is 61.0 Å². The van der Waals surface area contributed by atoms with Gasteiger partial charge in [-0.05, 0) is 39.7 Å². The first kappa shape index (κ1) is 16.9. The van der Waals surface area contributed by atoms with Crippen molar-refractivity contribution in [3.63, 3.8) is 0 Å². The molecule has 4 nitrogen and oxygen atoms in total. The smallest absolute Gasteiger partial charge is 0.0613 e. The first-order valence-corrected chi connectivity index (χ1v) is 7.69. The number of hydrogen-bond donors (Lipinski definition) is 2. The molecule has 2 N–H and O–H groups in total. The third kappa shape index (κ3) is 5.38. The highest BCUT2D eigenvalue weighted by atomic mass is 16.5. The van der Waals surface area contributed by atoms with Crippen molar-refractivity contribution < 1.29 is 9.84 Å². The molecule has 1 saturated carbocycles. The van der Waals surface area contributed by atoms with Crippen LogP contribution in [-0.2, 0) is 4.74 Å². The van der Waals surface area contributed by atoms with Crippen molar-refractivity contribution in [1.29, 1.82) is 0 Å². The maximum absolute atomic E-state index is 9.80. The second kappa shape index (κ2) is 8.20. The van der Waals surface area contributed by atoms with Crippen LogP contribution in [0.5, 0.6) is 0 Å². The summed E-state index contributed by atoms with van der Waals surface area (Å²) in [4.78, 5) is 2.39. The van der Waals surface area contributed by atoms with Crippen LogP contribution in [0.2, 0.25) is 0 Å². The Bertz CT molecular complexity index is 248.